The first-order valence-electron chi connectivity index (χ1n) is 9.82. The summed E-state index contributed by atoms with van der Waals surface area (Å²) in [6.45, 7) is 8.36. The summed E-state index contributed by atoms with van der Waals surface area (Å²) in [6, 6.07) is 8.75. The quantitative estimate of drug-likeness (QED) is 0.917. The van der Waals surface area contributed by atoms with E-state index in [9.17, 15) is 5.11 Å². The van der Waals surface area contributed by atoms with Crippen LogP contribution in [0.25, 0.3) is 10.9 Å². The SMILES string of the molecule is Cc1ccc2nc(N3CCC[C@@H](O)C3)c(CN3CCCOCC3)cc2c1. The molecule has 2 aromatic rings. The molecule has 5 nitrogen and oxygen atoms in total. The lowest BCUT2D eigenvalue weighted by molar-refractivity contribution is 0.140. The molecule has 5 heteroatoms. The van der Waals surface area contributed by atoms with Crippen LogP contribution in [0, 0.1) is 6.92 Å². The minimum absolute atomic E-state index is 0.251. The zero-order chi connectivity index (χ0) is 17.9. The molecule has 26 heavy (non-hydrogen) atoms. The van der Waals surface area contributed by atoms with Gasteiger partial charge in [0, 0.05) is 50.3 Å². The third kappa shape index (κ3) is 4.00. The molecule has 0 bridgehead atoms. The van der Waals surface area contributed by atoms with Gasteiger partial charge >= 0.3 is 0 Å². The second kappa shape index (κ2) is 7.91. The normalized spacial score (nSPS) is 22.5. The zero-order valence-electron chi connectivity index (χ0n) is 15.7. The molecule has 0 amide bonds. The average Bonchev–Trinajstić information content (AvgIpc) is 2.90. The number of hydrogen-bond donors (Lipinski definition) is 1. The van der Waals surface area contributed by atoms with Gasteiger partial charge in [0.1, 0.15) is 5.82 Å². The van der Waals surface area contributed by atoms with E-state index < -0.39 is 0 Å². The molecule has 0 saturated carbocycles. The van der Waals surface area contributed by atoms with E-state index in [1.165, 1.54) is 16.5 Å². The molecule has 0 radical (unpaired) electrons. The van der Waals surface area contributed by atoms with Crippen molar-refractivity contribution in [2.75, 3.05) is 44.3 Å². The molecule has 1 aromatic heterocycles. The van der Waals surface area contributed by atoms with Gasteiger partial charge in [-0.1, -0.05) is 11.6 Å². The van der Waals surface area contributed by atoms with E-state index in [0.717, 1.165) is 70.0 Å². The Kier molecular flexibility index (Phi) is 5.38. The second-order valence-corrected chi connectivity index (χ2v) is 7.65. The Morgan fingerprint density at radius 3 is 2.96 bits per heavy atom. The highest BCUT2D eigenvalue weighted by atomic mass is 16.5. The molecule has 2 fully saturated rings. The van der Waals surface area contributed by atoms with Gasteiger partial charge in [-0.05, 0) is 44.4 Å². The summed E-state index contributed by atoms with van der Waals surface area (Å²) in [4.78, 5) is 9.76. The van der Waals surface area contributed by atoms with Crippen LogP contribution in [0.2, 0.25) is 0 Å². The Morgan fingerprint density at radius 2 is 2.08 bits per heavy atom. The standard InChI is InChI=1S/C21H29N3O2/c1-16-5-6-20-17(12-16)13-18(14-23-7-3-10-26-11-9-23)21(22-20)24-8-2-4-19(25)15-24/h5-6,12-13,19,25H,2-4,7-11,14-15H2,1H3/t19-/m1/s1. The zero-order valence-corrected chi connectivity index (χ0v) is 15.7. The average molecular weight is 355 g/mol. The second-order valence-electron chi connectivity index (χ2n) is 7.65. The fourth-order valence-electron chi connectivity index (χ4n) is 4.06. The molecule has 2 aliphatic heterocycles. The predicted octanol–water partition coefficient (Wildman–Crippen LogP) is 2.73. The minimum Gasteiger partial charge on any atom is -0.391 e. The third-order valence-corrected chi connectivity index (χ3v) is 5.43. The van der Waals surface area contributed by atoms with E-state index in [1.807, 2.05) is 0 Å². The van der Waals surface area contributed by atoms with Gasteiger partial charge in [0.25, 0.3) is 0 Å². The number of aliphatic hydroxyl groups is 1. The van der Waals surface area contributed by atoms with E-state index in [0.29, 0.717) is 6.54 Å². The molecule has 4 rings (SSSR count). The minimum atomic E-state index is -0.251. The summed E-state index contributed by atoms with van der Waals surface area (Å²) in [6.07, 6.45) is 2.74. The number of benzene rings is 1. The molecule has 1 atom stereocenters. The van der Waals surface area contributed by atoms with Gasteiger partial charge in [-0.3, -0.25) is 4.90 Å². The largest absolute Gasteiger partial charge is 0.391 e. The van der Waals surface area contributed by atoms with Crippen molar-refractivity contribution >= 4 is 16.7 Å². The van der Waals surface area contributed by atoms with Crippen LogP contribution in [-0.2, 0) is 11.3 Å². The van der Waals surface area contributed by atoms with Crippen molar-refractivity contribution < 1.29 is 9.84 Å². The molecule has 0 unspecified atom stereocenters. The van der Waals surface area contributed by atoms with Gasteiger partial charge in [-0.25, -0.2) is 4.98 Å². The van der Waals surface area contributed by atoms with Crippen LogP contribution >= 0.6 is 0 Å². The van der Waals surface area contributed by atoms with Crippen molar-refractivity contribution in [2.45, 2.75) is 38.8 Å². The number of pyridine rings is 1. The first kappa shape index (κ1) is 17.7. The van der Waals surface area contributed by atoms with Gasteiger partial charge in [0.15, 0.2) is 0 Å². The highest BCUT2D eigenvalue weighted by molar-refractivity contribution is 5.82. The number of β-amino-alcohol motifs (C(OH)–C–C–N with tert-alkyl or cyclic N) is 1. The van der Waals surface area contributed by atoms with Gasteiger partial charge in [-0.15, -0.1) is 0 Å². The predicted molar refractivity (Wildman–Crippen MR) is 105 cm³/mol. The van der Waals surface area contributed by atoms with E-state index >= 15 is 0 Å². The number of aryl methyl sites for hydroxylation is 1. The molecule has 1 N–H and O–H groups in total. The Balaban J connectivity index is 1.70. The smallest absolute Gasteiger partial charge is 0.133 e. The molecule has 2 saturated heterocycles. The van der Waals surface area contributed by atoms with Crippen LogP contribution < -0.4 is 4.90 Å². The first-order chi connectivity index (χ1) is 12.7. The number of aromatic nitrogens is 1. The molecule has 3 heterocycles. The Hall–Kier alpha value is -1.69. The molecule has 2 aliphatic rings. The van der Waals surface area contributed by atoms with Crippen molar-refractivity contribution in [1.29, 1.82) is 0 Å². The Morgan fingerprint density at radius 1 is 1.15 bits per heavy atom. The van der Waals surface area contributed by atoms with Crippen molar-refractivity contribution in [3.05, 3.63) is 35.4 Å². The van der Waals surface area contributed by atoms with E-state index in [-0.39, 0.29) is 6.10 Å². The lowest BCUT2D eigenvalue weighted by Gasteiger charge is -2.33. The number of hydrogen-bond acceptors (Lipinski definition) is 5. The monoisotopic (exact) mass is 355 g/mol. The summed E-state index contributed by atoms with van der Waals surface area (Å²) >= 11 is 0. The number of ether oxygens (including phenoxy) is 1. The molecular weight excluding hydrogens is 326 g/mol. The molecule has 140 valence electrons. The number of fused-ring (bicyclic) bond motifs is 1. The van der Waals surface area contributed by atoms with E-state index in [4.69, 9.17) is 9.72 Å². The van der Waals surface area contributed by atoms with Crippen molar-refractivity contribution in [2.24, 2.45) is 0 Å². The van der Waals surface area contributed by atoms with Crippen LogP contribution in [-0.4, -0.2) is 60.5 Å². The summed E-state index contributed by atoms with van der Waals surface area (Å²) in [7, 11) is 0. The van der Waals surface area contributed by atoms with E-state index in [2.05, 4.69) is 41.0 Å². The van der Waals surface area contributed by atoms with Crippen molar-refractivity contribution in [1.82, 2.24) is 9.88 Å². The van der Waals surface area contributed by atoms with Crippen molar-refractivity contribution in [3.63, 3.8) is 0 Å². The van der Waals surface area contributed by atoms with Crippen molar-refractivity contribution in [3.8, 4) is 0 Å². The van der Waals surface area contributed by atoms with Gasteiger partial charge in [-0.2, -0.15) is 0 Å². The fourth-order valence-corrected chi connectivity index (χ4v) is 4.06. The summed E-state index contributed by atoms with van der Waals surface area (Å²) < 4.78 is 5.61. The van der Waals surface area contributed by atoms with Gasteiger partial charge in [0.2, 0.25) is 0 Å². The van der Waals surface area contributed by atoms with Crippen LogP contribution in [0.4, 0.5) is 5.82 Å². The number of rotatable bonds is 3. The Bertz CT molecular complexity index is 756. The number of piperidine rings is 1. The van der Waals surface area contributed by atoms with Gasteiger partial charge < -0.3 is 14.7 Å². The number of nitrogens with zero attached hydrogens (tertiary/aromatic N) is 3. The first-order valence-corrected chi connectivity index (χ1v) is 9.82. The molecule has 0 aliphatic carbocycles. The number of aliphatic hydroxyl groups excluding tert-OH is 1. The maximum Gasteiger partial charge on any atom is 0.133 e. The van der Waals surface area contributed by atoms with Crippen LogP contribution in [0.15, 0.2) is 24.3 Å². The topological polar surface area (TPSA) is 48.8 Å². The lowest BCUT2D eigenvalue weighted by atomic mass is 10.1. The summed E-state index contributed by atoms with van der Waals surface area (Å²) in [5, 5.41) is 11.3. The van der Waals surface area contributed by atoms with Gasteiger partial charge in [0.05, 0.1) is 18.2 Å². The lowest BCUT2D eigenvalue weighted by Crippen LogP contribution is -2.39. The fraction of sp³-hybridized carbons (Fsp3) is 0.571. The number of anilines is 1. The Labute approximate surface area is 155 Å². The third-order valence-electron chi connectivity index (χ3n) is 5.43. The summed E-state index contributed by atoms with van der Waals surface area (Å²) in [5.74, 6) is 1.05. The molecule has 1 aromatic carbocycles. The molecule has 0 spiro atoms. The van der Waals surface area contributed by atoms with E-state index in [1.54, 1.807) is 0 Å². The highest BCUT2D eigenvalue weighted by Crippen LogP contribution is 2.28. The summed E-state index contributed by atoms with van der Waals surface area (Å²) in [5.41, 5.74) is 3.56. The van der Waals surface area contributed by atoms with Crippen LogP contribution in [0.5, 0.6) is 0 Å². The van der Waals surface area contributed by atoms with Crippen LogP contribution in [0.1, 0.15) is 30.4 Å². The maximum absolute atomic E-state index is 10.1. The maximum atomic E-state index is 10.1. The molecular formula is C21H29N3O2. The highest BCUT2D eigenvalue weighted by Gasteiger charge is 2.23. The van der Waals surface area contributed by atoms with Crippen LogP contribution in [0.3, 0.4) is 0 Å².